The Morgan fingerprint density at radius 1 is 1.27 bits per heavy atom. The quantitative estimate of drug-likeness (QED) is 0.853. The van der Waals surface area contributed by atoms with Crippen molar-refractivity contribution in [2.24, 2.45) is 7.05 Å². The van der Waals surface area contributed by atoms with E-state index in [1.165, 1.54) is 0 Å². The number of amides is 1. The van der Waals surface area contributed by atoms with Gasteiger partial charge in [0.1, 0.15) is 5.82 Å². The maximum absolute atomic E-state index is 11.4. The lowest BCUT2D eigenvalue weighted by Crippen LogP contribution is -2.36. The predicted octanol–water partition coefficient (Wildman–Crippen LogP) is 2.21. The van der Waals surface area contributed by atoms with Crippen molar-refractivity contribution in [3.63, 3.8) is 0 Å². The fourth-order valence-electron chi connectivity index (χ4n) is 3.09. The van der Waals surface area contributed by atoms with Crippen LogP contribution in [0.1, 0.15) is 57.0 Å². The van der Waals surface area contributed by atoms with Crippen LogP contribution in [0.15, 0.2) is 6.20 Å². The fraction of sp³-hybridized carbons (Fsp3) is 0.625. The average Bonchev–Trinajstić information content (AvgIpc) is 2.84. The summed E-state index contributed by atoms with van der Waals surface area (Å²) in [5, 5.41) is 0. The van der Waals surface area contributed by atoms with Gasteiger partial charge in [-0.3, -0.25) is 4.79 Å². The summed E-state index contributed by atoms with van der Waals surface area (Å²) in [6.07, 6.45) is 3.75. The Bertz CT molecular complexity index is 698. The van der Waals surface area contributed by atoms with Crippen LogP contribution >= 0.6 is 0 Å². The predicted molar refractivity (Wildman–Crippen MR) is 84.6 cm³/mol. The van der Waals surface area contributed by atoms with Gasteiger partial charge >= 0.3 is 0 Å². The van der Waals surface area contributed by atoms with Crippen molar-refractivity contribution in [2.75, 3.05) is 13.1 Å². The Labute approximate surface area is 130 Å². The van der Waals surface area contributed by atoms with Crippen LogP contribution in [0.5, 0.6) is 0 Å². The van der Waals surface area contributed by atoms with Gasteiger partial charge in [-0.25, -0.2) is 15.0 Å². The number of carbonyl (C=O) groups excluding carboxylic acids is 1. The van der Waals surface area contributed by atoms with Gasteiger partial charge in [-0.15, -0.1) is 0 Å². The van der Waals surface area contributed by atoms with Crippen molar-refractivity contribution in [3.05, 3.63) is 17.7 Å². The van der Waals surface area contributed by atoms with Gasteiger partial charge in [0.05, 0.1) is 11.9 Å². The maximum atomic E-state index is 11.4. The third kappa shape index (κ3) is 2.58. The number of nitrogens with zero attached hydrogens (tertiary/aromatic N) is 5. The van der Waals surface area contributed by atoms with E-state index in [-0.39, 0.29) is 5.91 Å². The number of aromatic nitrogens is 4. The molecule has 0 bridgehead atoms. The van der Waals surface area contributed by atoms with E-state index in [1.807, 2.05) is 18.1 Å². The molecule has 3 heterocycles. The first-order chi connectivity index (χ1) is 10.5. The molecule has 0 aliphatic carbocycles. The summed E-state index contributed by atoms with van der Waals surface area (Å²) in [7, 11) is 2.01. The fourth-order valence-corrected chi connectivity index (χ4v) is 3.09. The molecule has 2 aromatic rings. The number of fused-ring (bicyclic) bond motifs is 1. The van der Waals surface area contributed by atoms with E-state index in [0.29, 0.717) is 11.8 Å². The van der Waals surface area contributed by atoms with Crippen LogP contribution in [-0.4, -0.2) is 43.4 Å². The van der Waals surface area contributed by atoms with E-state index >= 15 is 0 Å². The first kappa shape index (κ1) is 14.9. The first-order valence-corrected chi connectivity index (χ1v) is 7.92. The van der Waals surface area contributed by atoms with E-state index in [2.05, 4.69) is 28.4 Å². The summed E-state index contributed by atoms with van der Waals surface area (Å²) < 4.78 is 2.06. The zero-order valence-electron chi connectivity index (χ0n) is 13.7. The monoisotopic (exact) mass is 301 g/mol. The van der Waals surface area contributed by atoms with Gasteiger partial charge in [0.25, 0.3) is 0 Å². The summed E-state index contributed by atoms with van der Waals surface area (Å²) in [4.78, 5) is 27.2. The van der Waals surface area contributed by atoms with Crippen molar-refractivity contribution in [2.45, 2.75) is 45.4 Å². The lowest BCUT2D eigenvalue weighted by Gasteiger charge is -2.30. The Hall–Kier alpha value is -1.98. The van der Waals surface area contributed by atoms with Crippen LogP contribution in [0.4, 0.5) is 0 Å². The molecular weight excluding hydrogens is 278 g/mol. The Kier molecular flexibility index (Phi) is 3.85. The lowest BCUT2D eigenvalue weighted by molar-refractivity contribution is -0.129. The number of likely N-dealkylation sites (tertiary alicyclic amines) is 1. The molecule has 0 saturated carbocycles. The standard InChI is InChI=1S/C16H23N5O/c1-10(2)13-9-17-16-14(18-13)19-15(20(16)4)12-5-7-21(8-6-12)11(3)22/h9-10,12H,5-8H2,1-4H3. The molecule has 0 unspecified atom stereocenters. The molecule has 6 nitrogen and oxygen atoms in total. The number of hydrogen-bond donors (Lipinski definition) is 0. The molecule has 6 heteroatoms. The second-order valence-electron chi connectivity index (χ2n) is 6.41. The summed E-state index contributed by atoms with van der Waals surface area (Å²) in [6, 6.07) is 0. The smallest absolute Gasteiger partial charge is 0.219 e. The minimum atomic E-state index is 0.161. The Morgan fingerprint density at radius 3 is 2.55 bits per heavy atom. The summed E-state index contributed by atoms with van der Waals surface area (Å²) >= 11 is 0. The third-order valence-electron chi connectivity index (χ3n) is 4.53. The van der Waals surface area contributed by atoms with E-state index in [4.69, 9.17) is 4.98 Å². The molecule has 1 amide bonds. The molecule has 1 fully saturated rings. The molecule has 0 spiro atoms. The van der Waals surface area contributed by atoms with Crippen LogP contribution in [0.2, 0.25) is 0 Å². The molecular formula is C16H23N5O. The van der Waals surface area contributed by atoms with E-state index in [1.54, 1.807) is 6.92 Å². The molecule has 1 saturated heterocycles. The Balaban J connectivity index is 1.88. The summed E-state index contributed by atoms with van der Waals surface area (Å²) in [5.41, 5.74) is 2.55. The molecule has 1 aliphatic heterocycles. The number of imidazole rings is 1. The second-order valence-corrected chi connectivity index (χ2v) is 6.41. The summed E-state index contributed by atoms with van der Waals surface area (Å²) in [5.74, 6) is 1.92. The average molecular weight is 301 g/mol. The summed E-state index contributed by atoms with van der Waals surface area (Å²) in [6.45, 7) is 7.47. The third-order valence-corrected chi connectivity index (χ3v) is 4.53. The topological polar surface area (TPSA) is 63.9 Å². The Morgan fingerprint density at radius 2 is 1.95 bits per heavy atom. The van der Waals surface area contributed by atoms with E-state index in [9.17, 15) is 4.79 Å². The minimum absolute atomic E-state index is 0.161. The van der Waals surface area contributed by atoms with Crippen LogP contribution in [0.25, 0.3) is 11.3 Å². The van der Waals surface area contributed by atoms with Crippen molar-refractivity contribution >= 4 is 17.2 Å². The van der Waals surface area contributed by atoms with Crippen molar-refractivity contribution in [1.82, 2.24) is 24.4 Å². The highest BCUT2D eigenvalue weighted by Crippen LogP contribution is 2.29. The molecule has 0 N–H and O–H groups in total. The molecule has 0 atom stereocenters. The van der Waals surface area contributed by atoms with Crippen molar-refractivity contribution < 1.29 is 4.79 Å². The SMILES string of the molecule is CC(=O)N1CCC(c2nc3nc(C(C)C)cnc3n2C)CC1. The maximum Gasteiger partial charge on any atom is 0.219 e. The zero-order valence-corrected chi connectivity index (χ0v) is 13.7. The van der Waals surface area contributed by atoms with Gasteiger partial charge in [-0.1, -0.05) is 13.8 Å². The van der Waals surface area contributed by atoms with Gasteiger partial charge < -0.3 is 9.47 Å². The van der Waals surface area contributed by atoms with E-state index in [0.717, 1.165) is 48.7 Å². The molecule has 118 valence electrons. The highest BCUT2D eigenvalue weighted by atomic mass is 16.2. The number of aryl methyl sites for hydroxylation is 1. The zero-order chi connectivity index (χ0) is 15.9. The second kappa shape index (κ2) is 5.66. The number of rotatable bonds is 2. The first-order valence-electron chi connectivity index (χ1n) is 7.92. The van der Waals surface area contributed by atoms with Crippen LogP contribution < -0.4 is 0 Å². The molecule has 0 radical (unpaired) electrons. The van der Waals surface area contributed by atoms with Crippen molar-refractivity contribution in [1.29, 1.82) is 0 Å². The molecule has 3 rings (SSSR count). The largest absolute Gasteiger partial charge is 0.343 e. The molecule has 0 aromatic carbocycles. The highest BCUT2D eigenvalue weighted by molar-refractivity contribution is 5.73. The lowest BCUT2D eigenvalue weighted by atomic mass is 9.96. The van der Waals surface area contributed by atoms with Gasteiger partial charge in [0.15, 0.2) is 11.3 Å². The van der Waals surface area contributed by atoms with Crippen LogP contribution in [0, 0.1) is 0 Å². The molecule has 2 aromatic heterocycles. The number of piperidine rings is 1. The molecule has 22 heavy (non-hydrogen) atoms. The normalized spacial score (nSPS) is 16.7. The van der Waals surface area contributed by atoms with Gasteiger partial charge in [0, 0.05) is 33.0 Å². The number of hydrogen-bond acceptors (Lipinski definition) is 4. The van der Waals surface area contributed by atoms with Gasteiger partial charge in [-0.05, 0) is 18.8 Å². The van der Waals surface area contributed by atoms with Gasteiger partial charge in [0.2, 0.25) is 5.91 Å². The van der Waals surface area contributed by atoms with Crippen LogP contribution in [-0.2, 0) is 11.8 Å². The van der Waals surface area contributed by atoms with Gasteiger partial charge in [-0.2, -0.15) is 0 Å². The minimum Gasteiger partial charge on any atom is -0.343 e. The van der Waals surface area contributed by atoms with Crippen molar-refractivity contribution in [3.8, 4) is 0 Å². The molecule has 1 aliphatic rings. The van der Waals surface area contributed by atoms with Crippen LogP contribution in [0.3, 0.4) is 0 Å². The number of carbonyl (C=O) groups is 1. The highest BCUT2D eigenvalue weighted by Gasteiger charge is 2.26. The van der Waals surface area contributed by atoms with E-state index < -0.39 is 0 Å².